The number of hydrogen-bond donors (Lipinski definition) is 1. The summed E-state index contributed by atoms with van der Waals surface area (Å²) in [6.45, 7) is 5.61. The van der Waals surface area contributed by atoms with Crippen molar-refractivity contribution in [2.75, 3.05) is 0 Å². The molecule has 0 amide bonds. The third-order valence-corrected chi connectivity index (χ3v) is 2.70. The maximum atomic E-state index is 11.6. The first-order valence-electron chi connectivity index (χ1n) is 5.21. The van der Waals surface area contributed by atoms with Gasteiger partial charge in [-0.25, -0.2) is 4.79 Å². The third kappa shape index (κ3) is 2.06. The van der Waals surface area contributed by atoms with Gasteiger partial charge in [-0.3, -0.25) is 14.3 Å². The number of nitrogens with zero attached hydrogens (tertiary/aromatic N) is 2. The maximum absolute atomic E-state index is 11.6. The number of hydrogen-bond acceptors (Lipinski definition) is 4. The molecule has 2 aromatic rings. The topological polar surface area (TPSA) is 80.9 Å². The summed E-state index contributed by atoms with van der Waals surface area (Å²) < 4.78 is 6.46. The highest BCUT2D eigenvalue weighted by Gasteiger charge is 2.10. The molecule has 0 spiro atoms. The van der Waals surface area contributed by atoms with Crippen molar-refractivity contribution in [2.24, 2.45) is 0 Å². The zero-order valence-electron chi connectivity index (χ0n) is 9.90. The molecular weight excluding hydrogens is 222 g/mol. The molecule has 0 atom stereocenters. The number of rotatable bonds is 2. The first-order chi connectivity index (χ1) is 7.99. The third-order valence-electron chi connectivity index (χ3n) is 2.70. The van der Waals surface area contributed by atoms with Gasteiger partial charge in [0.15, 0.2) is 0 Å². The second-order valence-electron chi connectivity index (χ2n) is 4.00. The summed E-state index contributed by atoms with van der Waals surface area (Å²) in [5, 5.41) is 3.82. The van der Waals surface area contributed by atoms with Gasteiger partial charge in [0.2, 0.25) is 0 Å². The average Bonchev–Trinajstić information content (AvgIpc) is 2.57. The summed E-state index contributed by atoms with van der Waals surface area (Å²) in [7, 11) is 0. The molecule has 0 aliphatic heterocycles. The fraction of sp³-hybridized carbons (Fsp3) is 0.364. The molecule has 90 valence electrons. The van der Waals surface area contributed by atoms with Crippen molar-refractivity contribution in [1.29, 1.82) is 0 Å². The molecule has 0 unspecified atom stereocenters. The molecule has 2 heterocycles. The molecule has 0 radical (unpaired) electrons. The van der Waals surface area contributed by atoms with E-state index in [2.05, 4.69) is 10.1 Å². The highest BCUT2D eigenvalue weighted by atomic mass is 16.5. The van der Waals surface area contributed by atoms with Crippen LogP contribution in [-0.4, -0.2) is 14.7 Å². The molecule has 0 aliphatic rings. The standard InChI is InChI=1S/C11H13N3O3/c1-6-4-14(11(16)12-10(6)15)5-9-7(2)13-17-8(9)3/h4H,5H2,1-3H3,(H,12,15,16). The Morgan fingerprint density at radius 1 is 1.35 bits per heavy atom. The summed E-state index contributed by atoms with van der Waals surface area (Å²) in [4.78, 5) is 25.1. The van der Waals surface area contributed by atoms with E-state index in [1.54, 1.807) is 13.8 Å². The number of H-pyrrole nitrogens is 1. The fourth-order valence-electron chi connectivity index (χ4n) is 1.63. The molecule has 0 bridgehead atoms. The molecule has 0 saturated carbocycles. The largest absolute Gasteiger partial charge is 0.361 e. The van der Waals surface area contributed by atoms with E-state index in [0.29, 0.717) is 17.9 Å². The van der Waals surface area contributed by atoms with Gasteiger partial charge in [-0.2, -0.15) is 0 Å². The Kier molecular flexibility index (Phi) is 2.71. The van der Waals surface area contributed by atoms with Crippen molar-refractivity contribution < 1.29 is 4.52 Å². The number of aromatic nitrogens is 3. The van der Waals surface area contributed by atoms with Crippen LogP contribution in [0.3, 0.4) is 0 Å². The van der Waals surface area contributed by atoms with Crippen LogP contribution in [-0.2, 0) is 6.54 Å². The van der Waals surface area contributed by atoms with Crippen LogP contribution in [0, 0.1) is 20.8 Å². The van der Waals surface area contributed by atoms with E-state index in [-0.39, 0.29) is 5.56 Å². The summed E-state index contributed by atoms with van der Waals surface area (Å²) in [5.41, 5.74) is 1.32. The van der Waals surface area contributed by atoms with Crippen LogP contribution in [0.2, 0.25) is 0 Å². The maximum Gasteiger partial charge on any atom is 0.328 e. The molecule has 17 heavy (non-hydrogen) atoms. The number of nitrogens with one attached hydrogen (secondary N) is 1. The van der Waals surface area contributed by atoms with Crippen LogP contribution in [0.4, 0.5) is 0 Å². The van der Waals surface area contributed by atoms with Gasteiger partial charge in [0, 0.05) is 17.3 Å². The van der Waals surface area contributed by atoms with Crippen LogP contribution in [0.15, 0.2) is 20.3 Å². The van der Waals surface area contributed by atoms with Crippen molar-refractivity contribution >= 4 is 0 Å². The monoisotopic (exact) mass is 235 g/mol. The number of aromatic amines is 1. The summed E-state index contributed by atoms with van der Waals surface area (Å²) in [6, 6.07) is 0. The van der Waals surface area contributed by atoms with Gasteiger partial charge >= 0.3 is 5.69 Å². The zero-order chi connectivity index (χ0) is 12.6. The molecule has 6 nitrogen and oxygen atoms in total. The van der Waals surface area contributed by atoms with Gasteiger partial charge in [0.05, 0.1) is 12.2 Å². The van der Waals surface area contributed by atoms with E-state index >= 15 is 0 Å². The minimum Gasteiger partial charge on any atom is -0.361 e. The van der Waals surface area contributed by atoms with Crippen LogP contribution in [0.1, 0.15) is 22.6 Å². The normalized spacial score (nSPS) is 10.8. The summed E-state index contributed by atoms with van der Waals surface area (Å²) in [5.74, 6) is 0.679. The Balaban J connectivity index is 2.47. The highest BCUT2D eigenvalue weighted by Crippen LogP contribution is 2.12. The predicted molar refractivity (Wildman–Crippen MR) is 61.1 cm³/mol. The van der Waals surface area contributed by atoms with E-state index in [1.165, 1.54) is 10.8 Å². The first-order valence-corrected chi connectivity index (χ1v) is 5.21. The second-order valence-corrected chi connectivity index (χ2v) is 4.00. The van der Waals surface area contributed by atoms with Crippen LogP contribution < -0.4 is 11.2 Å². The van der Waals surface area contributed by atoms with Crippen LogP contribution >= 0.6 is 0 Å². The van der Waals surface area contributed by atoms with Gasteiger partial charge in [-0.05, 0) is 20.8 Å². The van der Waals surface area contributed by atoms with E-state index < -0.39 is 5.69 Å². The predicted octanol–water partition coefficient (Wildman–Crippen LogP) is 0.498. The fourth-order valence-corrected chi connectivity index (χ4v) is 1.63. The smallest absolute Gasteiger partial charge is 0.328 e. The van der Waals surface area contributed by atoms with Gasteiger partial charge in [-0.15, -0.1) is 0 Å². The quantitative estimate of drug-likeness (QED) is 0.821. The molecule has 2 aromatic heterocycles. The van der Waals surface area contributed by atoms with Crippen LogP contribution in [0.5, 0.6) is 0 Å². The number of aryl methyl sites for hydroxylation is 3. The Bertz CT molecular complexity index is 644. The van der Waals surface area contributed by atoms with Gasteiger partial charge in [0.1, 0.15) is 5.76 Å². The van der Waals surface area contributed by atoms with Crippen LogP contribution in [0.25, 0.3) is 0 Å². The van der Waals surface area contributed by atoms with Crippen molar-refractivity contribution in [3.63, 3.8) is 0 Å². The van der Waals surface area contributed by atoms with Crippen molar-refractivity contribution in [3.8, 4) is 0 Å². The SMILES string of the molecule is Cc1noc(C)c1Cn1cc(C)c(=O)[nH]c1=O. The Morgan fingerprint density at radius 3 is 2.65 bits per heavy atom. The van der Waals surface area contributed by atoms with Crippen molar-refractivity contribution in [1.82, 2.24) is 14.7 Å². The molecule has 0 aromatic carbocycles. The van der Waals surface area contributed by atoms with E-state index in [4.69, 9.17) is 4.52 Å². The lowest BCUT2D eigenvalue weighted by Gasteiger charge is -2.05. The van der Waals surface area contributed by atoms with E-state index in [1.807, 2.05) is 6.92 Å². The second kappa shape index (κ2) is 4.04. The Labute approximate surface area is 96.9 Å². The minimum atomic E-state index is -0.430. The van der Waals surface area contributed by atoms with Gasteiger partial charge in [0.25, 0.3) is 5.56 Å². The molecule has 6 heteroatoms. The highest BCUT2D eigenvalue weighted by molar-refractivity contribution is 5.21. The lowest BCUT2D eigenvalue weighted by Crippen LogP contribution is -2.31. The van der Waals surface area contributed by atoms with Gasteiger partial charge in [-0.1, -0.05) is 5.16 Å². The molecule has 1 N–H and O–H groups in total. The summed E-state index contributed by atoms with van der Waals surface area (Å²) >= 11 is 0. The van der Waals surface area contributed by atoms with Crippen molar-refractivity contribution in [3.05, 3.63) is 49.6 Å². The Hall–Kier alpha value is -2.11. The van der Waals surface area contributed by atoms with E-state index in [9.17, 15) is 9.59 Å². The lowest BCUT2D eigenvalue weighted by molar-refractivity contribution is 0.392. The molecule has 2 rings (SSSR count). The van der Waals surface area contributed by atoms with Crippen molar-refractivity contribution in [2.45, 2.75) is 27.3 Å². The zero-order valence-corrected chi connectivity index (χ0v) is 9.90. The Morgan fingerprint density at radius 2 is 2.06 bits per heavy atom. The molecule has 0 aliphatic carbocycles. The average molecular weight is 235 g/mol. The molecular formula is C11H13N3O3. The lowest BCUT2D eigenvalue weighted by atomic mass is 10.2. The minimum absolute atomic E-state index is 0.345. The molecule has 0 fully saturated rings. The first kappa shape index (κ1) is 11.4. The van der Waals surface area contributed by atoms with E-state index in [0.717, 1.165) is 11.3 Å². The molecule has 0 saturated heterocycles. The van der Waals surface area contributed by atoms with Gasteiger partial charge < -0.3 is 4.52 Å². The summed E-state index contributed by atoms with van der Waals surface area (Å²) in [6.07, 6.45) is 1.53.